The Labute approximate surface area is 174 Å². The van der Waals surface area contributed by atoms with Crippen LogP contribution >= 0.6 is 11.6 Å². The number of ether oxygens (including phenoxy) is 1. The van der Waals surface area contributed by atoms with Gasteiger partial charge in [-0.05, 0) is 23.3 Å². The Bertz CT molecular complexity index is 873. The summed E-state index contributed by atoms with van der Waals surface area (Å²) in [4.78, 5) is 35.9. The third-order valence-electron chi connectivity index (χ3n) is 4.25. The van der Waals surface area contributed by atoms with Gasteiger partial charge in [0.05, 0.1) is 12.1 Å². The van der Waals surface area contributed by atoms with Crippen LogP contribution in [0, 0.1) is 0 Å². The fourth-order valence-electron chi connectivity index (χ4n) is 2.85. The summed E-state index contributed by atoms with van der Waals surface area (Å²) in [5.41, 5.74) is 1.47. The number of halogens is 1. The van der Waals surface area contributed by atoms with E-state index in [1.54, 1.807) is 18.2 Å². The van der Waals surface area contributed by atoms with Gasteiger partial charge < -0.3 is 20.5 Å². The minimum atomic E-state index is -1.19. The van der Waals surface area contributed by atoms with Crippen LogP contribution in [0.25, 0.3) is 0 Å². The van der Waals surface area contributed by atoms with Crippen LogP contribution in [0.4, 0.5) is 0 Å². The molecule has 0 bridgehead atoms. The zero-order valence-corrected chi connectivity index (χ0v) is 16.9. The summed E-state index contributed by atoms with van der Waals surface area (Å²) < 4.78 is 5.08. The van der Waals surface area contributed by atoms with Gasteiger partial charge in [-0.2, -0.15) is 0 Å². The Morgan fingerprint density at radius 3 is 2.21 bits per heavy atom. The molecule has 2 aromatic rings. The van der Waals surface area contributed by atoms with Crippen molar-refractivity contribution in [1.29, 1.82) is 0 Å². The van der Waals surface area contributed by atoms with E-state index in [-0.39, 0.29) is 18.7 Å². The molecule has 7 nitrogen and oxygen atoms in total. The van der Waals surface area contributed by atoms with E-state index in [4.69, 9.17) is 16.3 Å². The average molecular weight is 419 g/mol. The highest BCUT2D eigenvalue weighted by atomic mass is 35.5. The third-order valence-corrected chi connectivity index (χ3v) is 4.54. The van der Waals surface area contributed by atoms with Gasteiger partial charge >= 0.3 is 5.97 Å². The SMILES string of the molecule is COc1ccc(C[C@@H](NC(=O)[C@@H](Cc2ccccc2)NC(C)=O)C(=O)O)cc1Cl. The molecule has 2 rings (SSSR count). The quantitative estimate of drug-likeness (QED) is 0.579. The summed E-state index contributed by atoms with van der Waals surface area (Å²) in [6.45, 7) is 1.30. The number of nitrogens with one attached hydrogen (secondary N) is 2. The van der Waals surface area contributed by atoms with Crippen molar-refractivity contribution >= 4 is 29.4 Å². The molecule has 0 saturated carbocycles. The molecule has 2 atom stereocenters. The van der Waals surface area contributed by atoms with Crippen LogP contribution in [-0.4, -0.2) is 42.1 Å². The lowest BCUT2D eigenvalue weighted by Gasteiger charge is -2.21. The maximum absolute atomic E-state index is 12.7. The Morgan fingerprint density at radius 1 is 1.00 bits per heavy atom. The molecule has 0 heterocycles. The van der Waals surface area contributed by atoms with E-state index >= 15 is 0 Å². The van der Waals surface area contributed by atoms with E-state index in [1.807, 2.05) is 30.3 Å². The first-order chi connectivity index (χ1) is 13.8. The molecule has 0 spiro atoms. The van der Waals surface area contributed by atoms with Crippen molar-refractivity contribution in [3.05, 3.63) is 64.7 Å². The Hall–Kier alpha value is -3.06. The summed E-state index contributed by atoms with van der Waals surface area (Å²) in [7, 11) is 1.48. The van der Waals surface area contributed by atoms with Gasteiger partial charge in [-0.25, -0.2) is 4.79 Å². The normalized spacial score (nSPS) is 12.5. The first kappa shape index (κ1) is 22.2. The molecule has 0 saturated heterocycles. The van der Waals surface area contributed by atoms with Crippen molar-refractivity contribution in [3.8, 4) is 5.75 Å². The predicted octanol–water partition coefficient (Wildman–Crippen LogP) is 2.21. The van der Waals surface area contributed by atoms with Gasteiger partial charge in [0.25, 0.3) is 0 Å². The first-order valence-corrected chi connectivity index (χ1v) is 9.34. The molecule has 0 radical (unpaired) electrons. The summed E-state index contributed by atoms with van der Waals surface area (Å²) >= 11 is 6.09. The molecule has 29 heavy (non-hydrogen) atoms. The van der Waals surface area contributed by atoms with Gasteiger partial charge in [-0.15, -0.1) is 0 Å². The van der Waals surface area contributed by atoms with Crippen LogP contribution in [-0.2, 0) is 27.2 Å². The zero-order valence-electron chi connectivity index (χ0n) is 16.1. The highest BCUT2D eigenvalue weighted by molar-refractivity contribution is 6.32. The number of hydrogen-bond donors (Lipinski definition) is 3. The Balaban J connectivity index is 2.13. The van der Waals surface area contributed by atoms with E-state index in [0.717, 1.165) is 5.56 Å². The maximum atomic E-state index is 12.7. The van der Waals surface area contributed by atoms with Crippen molar-refractivity contribution in [2.24, 2.45) is 0 Å². The number of aliphatic carboxylic acids is 1. The molecule has 0 aromatic heterocycles. The first-order valence-electron chi connectivity index (χ1n) is 8.96. The van der Waals surface area contributed by atoms with Crippen LogP contribution < -0.4 is 15.4 Å². The van der Waals surface area contributed by atoms with Gasteiger partial charge in [0, 0.05) is 19.8 Å². The summed E-state index contributed by atoms with van der Waals surface area (Å²) in [6, 6.07) is 12.0. The smallest absolute Gasteiger partial charge is 0.326 e. The predicted molar refractivity (Wildman–Crippen MR) is 109 cm³/mol. The summed E-state index contributed by atoms with van der Waals surface area (Å²) in [5, 5.41) is 15.0. The lowest BCUT2D eigenvalue weighted by atomic mass is 10.0. The average Bonchev–Trinajstić information content (AvgIpc) is 2.67. The molecule has 2 aromatic carbocycles. The topological polar surface area (TPSA) is 105 Å². The second-order valence-corrected chi connectivity index (χ2v) is 6.92. The number of amides is 2. The maximum Gasteiger partial charge on any atom is 0.326 e. The number of carbonyl (C=O) groups excluding carboxylic acids is 2. The fourth-order valence-corrected chi connectivity index (χ4v) is 3.13. The van der Waals surface area contributed by atoms with Crippen LogP contribution in [0.1, 0.15) is 18.1 Å². The molecule has 0 unspecified atom stereocenters. The molecule has 3 N–H and O–H groups in total. The van der Waals surface area contributed by atoms with Gasteiger partial charge in [-0.1, -0.05) is 48.0 Å². The van der Waals surface area contributed by atoms with Crippen LogP contribution in [0.5, 0.6) is 5.75 Å². The van der Waals surface area contributed by atoms with Crippen LogP contribution in [0.15, 0.2) is 48.5 Å². The van der Waals surface area contributed by atoms with Gasteiger partial charge in [0.1, 0.15) is 17.8 Å². The molecule has 0 fully saturated rings. The molecule has 154 valence electrons. The number of benzene rings is 2. The lowest BCUT2D eigenvalue weighted by molar-refractivity contribution is -0.142. The number of methoxy groups -OCH3 is 1. The van der Waals surface area contributed by atoms with Crippen molar-refractivity contribution in [2.75, 3.05) is 7.11 Å². The molecule has 2 amide bonds. The fraction of sp³-hybridized carbons (Fsp3) is 0.286. The molecule has 0 aliphatic carbocycles. The summed E-state index contributed by atoms with van der Waals surface area (Å²) in [6.07, 6.45) is 0.274. The van der Waals surface area contributed by atoms with E-state index in [1.165, 1.54) is 14.0 Å². The monoisotopic (exact) mass is 418 g/mol. The highest BCUT2D eigenvalue weighted by Gasteiger charge is 2.26. The highest BCUT2D eigenvalue weighted by Crippen LogP contribution is 2.25. The van der Waals surface area contributed by atoms with Crippen molar-refractivity contribution in [2.45, 2.75) is 31.8 Å². The third kappa shape index (κ3) is 6.80. The van der Waals surface area contributed by atoms with E-state index < -0.39 is 24.0 Å². The molecule has 8 heteroatoms. The standard InChI is InChI=1S/C21H23ClN2O5/c1-13(25)23-17(11-14-6-4-3-5-7-14)20(26)24-18(21(27)28)12-15-8-9-19(29-2)16(22)10-15/h3-10,17-18H,11-12H2,1-2H3,(H,23,25)(H,24,26)(H,27,28)/t17-,18-/m1/s1. The second kappa shape index (κ2) is 10.5. The van der Waals surface area contributed by atoms with Crippen LogP contribution in [0.3, 0.4) is 0 Å². The van der Waals surface area contributed by atoms with Crippen molar-refractivity contribution in [1.82, 2.24) is 10.6 Å². The van der Waals surface area contributed by atoms with E-state index in [2.05, 4.69) is 10.6 Å². The lowest BCUT2D eigenvalue weighted by Crippen LogP contribution is -2.52. The Kier molecular flexibility index (Phi) is 8.03. The number of rotatable bonds is 9. The van der Waals surface area contributed by atoms with Crippen LogP contribution in [0.2, 0.25) is 5.02 Å². The van der Waals surface area contributed by atoms with Crippen molar-refractivity contribution < 1.29 is 24.2 Å². The number of carboxylic acid groups (broad SMARTS) is 1. The Morgan fingerprint density at radius 2 is 1.66 bits per heavy atom. The van der Waals surface area contributed by atoms with Gasteiger partial charge in [-0.3, -0.25) is 9.59 Å². The minimum Gasteiger partial charge on any atom is -0.495 e. The number of carbonyl (C=O) groups is 3. The summed E-state index contributed by atoms with van der Waals surface area (Å²) in [5.74, 6) is -1.67. The second-order valence-electron chi connectivity index (χ2n) is 6.52. The van der Waals surface area contributed by atoms with Gasteiger partial charge in [0.2, 0.25) is 11.8 Å². The van der Waals surface area contributed by atoms with Gasteiger partial charge in [0.15, 0.2) is 0 Å². The molecular weight excluding hydrogens is 396 g/mol. The minimum absolute atomic E-state index is 0.0307. The molecule has 0 aliphatic rings. The van der Waals surface area contributed by atoms with E-state index in [0.29, 0.717) is 16.3 Å². The number of hydrogen-bond acceptors (Lipinski definition) is 4. The largest absolute Gasteiger partial charge is 0.495 e. The number of carboxylic acids is 1. The zero-order chi connectivity index (χ0) is 21.4. The molecular formula is C21H23ClN2O5. The molecule has 0 aliphatic heterocycles. The van der Waals surface area contributed by atoms with Crippen molar-refractivity contribution in [3.63, 3.8) is 0 Å². The van der Waals surface area contributed by atoms with E-state index in [9.17, 15) is 19.5 Å².